The highest BCUT2D eigenvalue weighted by Gasteiger charge is 2.31. The first-order chi connectivity index (χ1) is 11.6. The number of ether oxygens (including phenoxy) is 2. The van der Waals surface area contributed by atoms with Gasteiger partial charge in [-0.25, -0.2) is 0 Å². The normalized spacial score (nSPS) is 15.9. The first-order valence-corrected chi connectivity index (χ1v) is 7.16. The molecule has 1 aliphatic heterocycles. The van der Waals surface area contributed by atoms with Crippen molar-refractivity contribution in [2.24, 2.45) is 5.10 Å². The van der Waals surface area contributed by atoms with E-state index in [1.54, 1.807) is 24.3 Å². The van der Waals surface area contributed by atoms with E-state index >= 15 is 0 Å². The van der Waals surface area contributed by atoms with E-state index in [0.717, 1.165) is 0 Å². The fourth-order valence-electron chi connectivity index (χ4n) is 2.35. The van der Waals surface area contributed by atoms with Crippen LogP contribution in [0.1, 0.15) is 5.56 Å². The van der Waals surface area contributed by atoms with Crippen LogP contribution in [0.2, 0.25) is 0 Å². The number of hydrogen-bond acceptors (Lipinski definition) is 6. The monoisotopic (exact) mass is 328 g/mol. The molecular formula is C17H16N2O5. The largest absolute Gasteiger partial charge is 0.504 e. The summed E-state index contributed by atoms with van der Waals surface area (Å²) in [4.78, 5) is 12.7. The van der Waals surface area contributed by atoms with Crippen LogP contribution in [0.5, 0.6) is 11.5 Å². The van der Waals surface area contributed by atoms with Gasteiger partial charge < -0.3 is 19.0 Å². The number of phenols is 1. The lowest BCUT2D eigenvalue weighted by atomic mass is 10.1. The van der Waals surface area contributed by atoms with E-state index in [1.807, 2.05) is 0 Å². The van der Waals surface area contributed by atoms with Gasteiger partial charge in [0.15, 0.2) is 11.5 Å². The Morgan fingerprint density at radius 1 is 1.33 bits per heavy atom. The predicted molar refractivity (Wildman–Crippen MR) is 88.1 cm³/mol. The molecule has 3 rings (SSSR count). The summed E-state index contributed by atoms with van der Waals surface area (Å²) < 4.78 is 15.2. The summed E-state index contributed by atoms with van der Waals surface area (Å²) in [5, 5.41) is 15.2. The van der Waals surface area contributed by atoms with Gasteiger partial charge in [-0.05, 0) is 23.8 Å². The maximum absolute atomic E-state index is 12.7. The fraction of sp³-hybridized carbons (Fsp3) is 0.176. The van der Waals surface area contributed by atoms with Gasteiger partial charge in [0.1, 0.15) is 12.0 Å². The van der Waals surface area contributed by atoms with Gasteiger partial charge in [-0.2, -0.15) is 10.1 Å². The second-order valence-electron chi connectivity index (χ2n) is 5.07. The van der Waals surface area contributed by atoms with E-state index in [1.165, 1.54) is 37.8 Å². The summed E-state index contributed by atoms with van der Waals surface area (Å²) in [6.07, 6.45) is 4.60. The number of methoxy groups -OCH3 is 2. The van der Waals surface area contributed by atoms with Crippen molar-refractivity contribution in [2.45, 2.75) is 0 Å². The van der Waals surface area contributed by atoms with E-state index < -0.39 is 0 Å². The molecule has 1 aliphatic rings. The molecule has 1 N–H and O–H groups in total. The molecular weight excluding hydrogens is 312 g/mol. The molecule has 1 amide bonds. The highest BCUT2D eigenvalue weighted by molar-refractivity contribution is 6.33. The number of aromatic hydroxyl groups is 1. The molecule has 1 aromatic heterocycles. The fourth-order valence-corrected chi connectivity index (χ4v) is 2.35. The zero-order valence-electron chi connectivity index (χ0n) is 13.2. The Kier molecular flexibility index (Phi) is 4.35. The number of rotatable bonds is 5. The van der Waals surface area contributed by atoms with Crippen LogP contribution >= 0.6 is 0 Å². The van der Waals surface area contributed by atoms with E-state index in [0.29, 0.717) is 28.3 Å². The molecule has 0 atom stereocenters. The first-order valence-electron chi connectivity index (χ1n) is 7.16. The van der Waals surface area contributed by atoms with Crippen LogP contribution in [0.4, 0.5) is 5.69 Å². The summed E-state index contributed by atoms with van der Waals surface area (Å²) in [5.74, 6) is 0.0745. The van der Waals surface area contributed by atoms with E-state index in [4.69, 9.17) is 13.9 Å². The second kappa shape index (κ2) is 6.59. The third-order valence-electron chi connectivity index (χ3n) is 3.50. The second-order valence-corrected chi connectivity index (χ2v) is 5.07. The smallest absolute Gasteiger partial charge is 0.280 e. The zero-order valence-corrected chi connectivity index (χ0v) is 13.2. The molecule has 24 heavy (non-hydrogen) atoms. The van der Waals surface area contributed by atoms with Crippen LogP contribution in [-0.4, -0.2) is 37.6 Å². The molecule has 2 aromatic rings. The number of furan rings is 1. The summed E-state index contributed by atoms with van der Waals surface area (Å²) in [7, 11) is 3.00. The molecule has 7 heteroatoms. The Hall–Kier alpha value is -3.06. The van der Waals surface area contributed by atoms with Gasteiger partial charge in [-0.1, -0.05) is 6.07 Å². The average molecular weight is 328 g/mol. The molecule has 0 fully saturated rings. The van der Waals surface area contributed by atoms with Crippen LogP contribution < -0.4 is 9.75 Å². The van der Waals surface area contributed by atoms with Gasteiger partial charge in [0, 0.05) is 13.2 Å². The van der Waals surface area contributed by atoms with Crippen molar-refractivity contribution in [2.75, 3.05) is 25.8 Å². The Balaban J connectivity index is 1.99. The van der Waals surface area contributed by atoms with Gasteiger partial charge in [0.2, 0.25) is 0 Å². The van der Waals surface area contributed by atoms with Crippen LogP contribution in [0.25, 0.3) is 6.08 Å². The molecule has 0 aliphatic carbocycles. The van der Waals surface area contributed by atoms with Crippen LogP contribution in [0, 0.1) is 0 Å². The molecule has 2 heterocycles. The standard InChI is InChI=1S/C17H16N2O5/c1-22-10-14-13(7-11-3-4-15(20)16(8-11)23-2)17(21)19(18-14)12-5-6-24-9-12/h3-9,20H,10H2,1-2H3/b13-7-. The minimum absolute atomic E-state index is 0.0307. The molecule has 0 radical (unpaired) electrons. The Morgan fingerprint density at radius 3 is 2.83 bits per heavy atom. The van der Waals surface area contributed by atoms with Crippen LogP contribution in [-0.2, 0) is 9.53 Å². The van der Waals surface area contributed by atoms with Crippen molar-refractivity contribution in [3.63, 3.8) is 0 Å². The minimum Gasteiger partial charge on any atom is -0.504 e. The van der Waals surface area contributed by atoms with Gasteiger partial charge in [0.25, 0.3) is 5.91 Å². The molecule has 1 aromatic carbocycles. The predicted octanol–water partition coefficient (Wildman–Crippen LogP) is 2.43. The summed E-state index contributed by atoms with van der Waals surface area (Å²) in [6.45, 7) is 0.196. The summed E-state index contributed by atoms with van der Waals surface area (Å²) in [5.41, 5.74) is 2.16. The number of anilines is 1. The molecule has 0 bridgehead atoms. The first kappa shape index (κ1) is 15.8. The van der Waals surface area contributed by atoms with Crippen LogP contribution in [0.15, 0.2) is 51.9 Å². The molecule has 124 valence electrons. The highest BCUT2D eigenvalue weighted by atomic mass is 16.5. The van der Waals surface area contributed by atoms with Gasteiger partial charge >= 0.3 is 0 Å². The minimum atomic E-state index is -0.282. The number of amides is 1. The van der Waals surface area contributed by atoms with Gasteiger partial charge in [-0.15, -0.1) is 0 Å². The Bertz CT molecular complexity index is 808. The summed E-state index contributed by atoms with van der Waals surface area (Å²) in [6, 6.07) is 6.48. The Morgan fingerprint density at radius 2 is 2.17 bits per heavy atom. The molecule has 0 saturated carbocycles. The van der Waals surface area contributed by atoms with Crippen molar-refractivity contribution in [1.82, 2.24) is 0 Å². The zero-order chi connectivity index (χ0) is 17.1. The lowest BCUT2D eigenvalue weighted by Crippen LogP contribution is -2.21. The van der Waals surface area contributed by atoms with Crippen molar-refractivity contribution in [1.29, 1.82) is 0 Å². The van der Waals surface area contributed by atoms with Gasteiger partial charge in [-0.3, -0.25) is 4.79 Å². The SMILES string of the molecule is COCC1=NN(c2ccoc2)C(=O)/C1=C\c1ccc(O)c(OC)c1. The molecule has 0 saturated heterocycles. The average Bonchev–Trinajstić information content (AvgIpc) is 3.20. The number of carbonyl (C=O) groups is 1. The number of hydrogen-bond donors (Lipinski definition) is 1. The van der Waals surface area contributed by atoms with E-state index in [-0.39, 0.29) is 18.3 Å². The topological polar surface area (TPSA) is 84.5 Å². The van der Waals surface area contributed by atoms with E-state index in [9.17, 15) is 9.90 Å². The third-order valence-corrected chi connectivity index (χ3v) is 3.50. The highest BCUT2D eigenvalue weighted by Crippen LogP contribution is 2.29. The number of benzene rings is 1. The van der Waals surface area contributed by atoms with Crippen molar-refractivity contribution >= 4 is 23.4 Å². The number of hydrazone groups is 1. The number of phenolic OH excluding ortho intramolecular Hbond substituents is 1. The van der Waals surface area contributed by atoms with Gasteiger partial charge in [0.05, 0.1) is 31.3 Å². The maximum Gasteiger partial charge on any atom is 0.280 e. The maximum atomic E-state index is 12.7. The molecule has 0 spiro atoms. The van der Waals surface area contributed by atoms with Crippen LogP contribution in [0.3, 0.4) is 0 Å². The number of carbonyl (C=O) groups excluding carboxylic acids is 1. The Labute approximate surface area is 138 Å². The van der Waals surface area contributed by atoms with Crippen molar-refractivity contribution < 1.29 is 23.8 Å². The molecule has 7 nitrogen and oxygen atoms in total. The lowest BCUT2D eigenvalue weighted by molar-refractivity contribution is -0.114. The quantitative estimate of drug-likeness (QED) is 0.852. The number of nitrogens with zero attached hydrogens (tertiary/aromatic N) is 2. The summed E-state index contributed by atoms with van der Waals surface area (Å²) >= 11 is 0. The third kappa shape index (κ3) is 2.89. The van der Waals surface area contributed by atoms with Crippen molar-refractivity contribution in [3.05, 3.63) is 47.9 Å². The van der Waals surface area contributed by atoms with Crippen molar-refractivity contribution in [3.8, 4) is 11.5 Å². The van der Waals surface area contributed by atoms with E-state index in [2.05, 4.69) is 5.10 Å². The lowest BCUT2D eigenvalue weighted by Gasteiger charge is -2.08. The molecule has 0 unspecified atom stereocenters.